The molecule has 138 valence electrons. The van der Waals surface area contributed by atoms with Crippen LogP contribution in [0.3, 0.4) is 0 Å². The van der Waals surface area contributed by atoms with Gasteiger partial charge in [-0.25, -0.2) is 0 Å². The molecule has 4 rings (SSSR count). The number of nitrogens with one attached hydrogen (secondary N) is 1. The minimum Gasteiger partial charge on any atom is -0.507 e. The highest BCUT2D eigenvalue weighted by Crippen LogP contribution is 2.44. The number of nitrogens with zero attached hydrogens (tertiary/aromatic N) is 2. The van der Waals surface area contributed by atoms with E-state index in [9.17, 15) is 9.90 Å². The van der Waals surface area contributed by atoms with Crippen molar-refractivity contribution < 1.29 is 9.90 Å². The molecule has 1 amide bonds. The first kappa shape index (κ1) is 17.6. The monoisotopic (exact) mass is 381 g/mol. The van der Waals surface area contributed by atoms with Gasteiger partial charge in [-0.2, -0.15) is 5.10 Å². The predicted octanol–water partition coefficient (Wildman–Crippen LogP) is 4.78. The summed E-state index contributed by atoms with van der Waals surface area (Å²) in [6.45, 7) is 2.75. The Balaban J connectivity index is 1.89. The van der Waals surface area contributed by atoms with E-state index in [0.717, 1.165) is 24.0 Å². The number of hydrogen-bond acceptors (Lipinski definition) is 3. The number of halogens is 1. The molecule has 6 heteroatoms. The molecule has 1 aliphatic heterocycles. The van der Waals surface area contributed by atoms with E-state index >= 15 is 0 Å². The van der Waals surface area contributed by atoms with E-state index in [-0.39, 0.29) is 17.7 Å². The lowest BCUT2D eigenvalue weighted by Crippen LogP contribution is -2.30. The lowest BCUT2D eigenvalue weighted by molar-refractivity contribution is 0.0741. The molecule has 3 aromatic rings. The van der Waals surface area contributed by atoms with Crippen LogP contribution in [0.15, 0.2) is 48.5 Å². The van der Waals surface area contributed by atoms with E-state index in [1.54, 1.807) is 18.2 Å². The van der Waals surface area contributed by atoms with E-state index in [1.807, 2.05) is 35.2 Å². The predicted molar refractivity (Wildman–Crippen MR) is 105 cm³/mol. The molecule has 0 saturated heterocycles. The highest BCUT2D eigenvalue weighted by atomic mass is 35.5. The fourth-order valence-electron chi connectivity index (χ4n) is 3.66. The smallest absolute Gasteiger partial charge is 0.273 e. The Morgan fingerprint density at radius 1 is 1.22 bits per heavy atom. The van der Waals surface area contributed by atoms with Gasteiger partial charge in [0, 0.05) is 22.7 Å². The molecule has 1 aromatic heterocycles. The van der Waals surface area contributed by atoms with Gasteiger partial charge in [0.2, 0.25) is 0 Å². The van der Waals surface area contributed by atoms with Crippen LogP contribution in [-0.4, -0.2) is 32.7 Å². The van der Waals surface area contributed by atoms with Crippen LogP contribution in [0.1, 0.15) is 47.4 Å². The third-order valence-electron chi connectivity index (χ3n) is 4.94. The van der Waals surface area contributed by atoms with Gasteiger partial charge in [-0.05, 0) is 36.2 Å². The SMILES string of the molecule is CCCCN1C(=O)c2[nH]nc(-c3ccccc3O)c2[C@H]1c1cccc(Cl)c1. The molecule has 0 spiro atoms. The maximum atomic E-state index is 13.1. The number of aromatic nitrogens is 2. The second-order valence-corrected chi connectivity index (χ2v) is 7.12. The molecule has 27 heavy (non-hydrogen) atoms. The molecule has 2 aromatic carbocycles. The van der Waals surface area contributed by atoms with Crippen LogP contribution >= 0.6 is 11.6 Å². The Kier molecular flexibility index (Phi) is 4.62. The Morgan fingerprint density at radius 3 is 2.78 bits per heavy atom. The van der Waals surface area contributed by atoms with Crippen molar-refractivity contribution in [3.05, 3.63) is 70.4 Å². The Morgan fingerprint density at radius 2 is 2.04 bits per heavy atom. The molecule has 0 bridgehead atoms. The van der Waals surface area contributed by atoms with E-state index in [1.165, 1.54) is 0 Å². The van der Waals surface area contributed by atoms with Gasteiger partial charge in [0.15, 0.2) is 0 Å². The normalized spacial score (nSPS) is 16.0. The molecule has 0 saturated carbocycles. The van der Waals surface area contributed by atoms with Crippen LogP contribution in [0.25, 0.3) is 11.3 Å². The van der Waals surface area contributed by atoms with Gasteiger partial charge < -0.3 is 10.0 Å². The lowest BCUT2D eigenvalue weighted by atomic mass is 9.95. The Bertz CT molecular complexity index is 999. The number of carbonyl (C=O) groups excluding carboxylic acids is 1. The van der Waals surface area contributed by atoms with Crippen molar-refractivity contribution in [3.63, 3.8) is 0 Å². The first-order chi connectivity index (χ1) is 13.1. The standard InChI is InChI=1S/C21H20ClN3O2/c1-2-3-11-25-20(13-7-6-8-14(22)12-13)17-18(23-24-19(17)21(25)27)15-9-4-5-10-16(15)26/h4-10,12,20,26H,2-3,11H2,1H3,(H,23,24)/t20-/m1/s1. The number of hydrogen-bond donors (Lipinski definition) is 2. The molecule has 1 atom stereocenters. The molecule has 0 fully saturated rings. The van der Waals surface area contributed by atoms with Gasteiger partial charge in [0.25, 0.3) is 5.91 Å². The second kappa shape index (κ2) is 7.08. The fraction of sp³-hybridized carbons (Fsp3) is 0.238. The number of benzene rings is 2. The van der Waals surface area contributed by atoms with Crippen molar-refractivity contribution in [2.24, 2.45) is 0 Å². The number of aromatic hydroxyl groups is 1. The first-order valence-corrected chi connectivity index (χ1v) is 9.42. The zero-order chi connectivity index (χ0) is 19.0. The summed E-state index contributed by atoms with van der Waals surface area (Å²) in [7, 11) is 0. The van der Waals surface area contributed by atoms with Crippen molar-refractivity contribution in [2.45, 2.75) is 25.8 Å². The summed E-state index contributed by atoms with van der Waals surface area (Å²) in [6.07, 6.45) is 1.90. The number of phenolic OH excluding ortho intramolecular Hbond substituents is 1. The van der Waals surface area contributed by atoms with Gasteiger partial charge in [-0.3, -0.25) is 9.89 Å². The van der Waals surface area contributed by atoms with Crippen LogP contribution < -0.4 is 0 Å². The number of H-pyrrole nitrogens is 1. The molecular weight excluding hydrogens is 362 g/mol. The average Bonchev–Trinajstić information content (AvgIpc) is 3.20. The number of aromatic amines is 1. The van der Waals surface area contributed by atoms with E-state index in [2.05, 4.69) is 17.1 Å². The first-order valence-electron chi connectivity index (χ1n) is 9.05. The van der Waals surface area contributed by atoms with E-state index in [4.69, 9.17) is 11.6 Å². The van der Waals surface area contributed by atoms with Crippen LogP contribution in [0.2, 0.25) is 5.02 Å². The van der Waals surface area contributed by atoms with Crippen LogP contribution in [0.5, 0.6) is 5.75 Å². The highest BCUT2D eigenvalue weighted by Gasteiger charge is 2.42. The lowest BCUT2D eigenvalue weighted by Gasteiger charge is -2.26. The molecule has 2 N–H and O–H groups in total. The summed E-state index contributed by atoms with van der Waals surface area (Å²) in [6, 6.07) is 14.3. The minimum atomic E-state index is -0.286. The summed E-state index contributed by atoms with van der Waals surface area (Å²) in [5, 5.41) is 18.2. The molecule has 2 heterocycles. The van der Waals surface area contributed by atoms with Gasteiger partial charge in [0.05, 0.1) is 6.04 Å². The number of amides is 1. The molecular formula is C21H20ClN3O2. The zero-order valence-corrected chi connectivity index (χ0v) is 15.7. The third-order valence-corrected chi connectivity index (χ3v) is 5.18. The van der Waals surface area contributed by atoms with Crippen LogP contribution in [0, 0.1) is 0 Å². The molecule has 1 aliphatic rings. The highest BCUT2D eigenvalue weighted by molar-refractivity contribution is 6.30. The summed E-state index contributed by atoms with van der Waals surface area (Å²) in [4.78, 5) is 14.9. The van der Waals surface area contributed by atoms with E-state index in [0.29, 0.717) is 28.5 Å². The van der Waals surface area contributed by atoms with Crippen molar-refractivity contribution >= 4 is 17.5 Å². The van der Waals surface area contributed by atoms with Crippen LogP contribution in [0.4, 0.5) is 0 Å². The van der Waals surface area contributed by atoms with Gasteiger partial charge >= 0.3 is 0 Å². The summed E-state index contributed by atoms with van der Waals surface area (Å²) in [5.74, 6) is 0.0636. The summed E-state index contributed by atoms with van der Waals surface area (Å²) >= 11 is 6.23. The Labute approximate surface area is 162 Å². The maximum absolute atomic E-state index is 13.1. The number of para-hydroxylation sites is 1. The number of carbonyl (C=O) groups is 1. The number of phenols is 1. The molecule has 0 unspecified atom stereocenters. The van der Waals surface area contributed by atoms with E-state index < -0.39 is 0 Å². The number of fused-ring (bicyclic) bond motifs is 1. The average molecular weight is 382 g/mol. The molecule has 0 aliphatic carbocycles. The largest absolute Gasteiger partial charge is 0.507 e. The summed E-state index contributed by atoms with van der Waals surface area (Å²) < 4.78 is 0. The van der Waals surface area contributed by atoms with Crippen molar-refractivity contribution in [1.82, 2.24) is 15.1 Å². The molecule has 5 nitrogen and oxygen atoms in total. The van der Waals surface area contributed by atoms with Gasteiger partial charge in [0.1, 0.15) is 17.1 Å². The summed E-state index contributed by atoms with van der Waals surface area (Å²) in [5.41, 5.74) is 3.41. The minimum absolute atomic E-state index is 0.0717. The molecule has 0 radical (unpaired) electrons. The zero-order valence-electron chi connectivity index (χ0n) is 14.9. The Hall–Kier alpha value is -2.79. The van der Waals surface area contributed by atoms with Crippen LogP contribution in [-0.2, 0) is 0 Å². The van der Waals surface area contributed by atoms with Crippen molar-refractivity contribution in [3.8, 4) is 17.0 Å². The van der Waals surface area contributed by atoms with Gasteiger partial charge in [-0.15, -0.1) is 0 Å². The topological polar surface area (TPSA) is 69.2 Å². The fourth-order valence-corrected chi connectivity index (χ4v) is 3.86. The second-order valence-electron chi connectivity index (χ2n) is 6.69. The number of rotatable bonds is 5. The van der Waals surface area contributed by atoms with Crippen molar-refractivity contribution in [2.75, 3.05) is 6.54 Å². The quantitative estimate of drug-likeness (QED) is 0.668. The van der Waals surface area contributed by atoms with Gasteiger partial charge in [-0.1, -0.05) is 49.2 Å². The third kappa shape index (κ3) is 2.98. The van der Waals surface area contributed by atoms with Crippen molar-refractivity contribution in [1.29, 1.82) is 0 Å². The maximum Gasteiger partial charge on any atom is 0.273 e. The number of unbranched alkanes of at least 4 members (excludes halogenated alkanes) is 1.